The number of rotatable bonds is 6. The molecule has 0 atom stereocenters. The molecule has 5 nitrogen and oxygen atoms in total. The van der Waals surface area contributed by atoms with Gasteiger partial charge in [-0.05, 0) is 67.2 Å². The normalized spacial score (nSPS) is 11.4. The zero-order valence-electron chi connectivity index (χ0n) is 14.9. The Morgan fingerprint density at radius 2 is 1.69 bits per heavy atom. The van der Waals surface area contributed by atoms with Crippen molar-refractivity contribution in [3.8, 4) is 0 Å². The fourth-order valence-electron chi connectivity index (χ4n) is 2.47. The van der Waals surface area contributed by atoms with Crippen LogP contribution in [0, 0.1) is 12.7 Å². The van der Waals surface area contributed by atoms with Crippen LogP contribution in [0.25, 0.3) is 0 Å². The van der Waals surface area contributed by atoms with Gasteiger partial charge in [-0.3, -0.25) is 0 Å². The highest BCUT2D eigenvalue weighted by atomic mass is 32.2. The predicted molar refractivity (Wildman–Crippen MR) is 108 cm³/mol. The van der Waals surface area contributed by atoms with Crippen LogP contribution >= 0.6 is 12.2 Å². The van der Waals surface area contributed by atoms with Crippen LogP contribution in [0.5, 0.6) is 0 Å². The minimum absolute atomic E-state index is 0.236. The van der Waals surface area contributed by atoms with Gasteiger partial charge in [0.05, 0.1) is 4.90 Å². The van der Waals surface area contributed by atoms with E-state index in [-0.39, 0.29) is 10.7 Å². The van der Waals surface area contributed by atoms with E-state index in [1.165, 1.54) is 16.4 Å². The molecule has 0 spiro atoms. The van der Waals surface area contributed by atoms with Crippen molar-refractivity contribution in [3.05, 3.63) is 53.8 Å². The van der Waals surface area contributed by atoms with Crippen molar-refractivity contribution in [3.63, 3.8) is 0 Å². The first-order valence-corrected chi connectivity index (χ1v) is 10.1. The summed E-state index contributed by atoms with van der Waals surface area (Å²) in [6.07, 6.45) is 0. The number of nitrogens with one attached hydrogen (secondary N) is 2. The second kappa shape index (κ2) is 8.57. The number of benzene rings is 2. The molecule has 2 rings (SSSR count). The third-order valence-corrected chi connectivity index (χ3v) is 6.16. The molecule has 0 bridgehead atoms. The van der Waals surface area contributed by atoms with Crippen LogP contribution in [0.15, 0.2) is 47.4 Å². The van der Waals surface area contributed by atoms with E-state index in [1.807, 2.05) is 0 Å². The fraction of sp³-hybridized carbons (Fsp3) is 0.278. The average molecular weight is 396 g/mol. The fourth-order valence-corrected chi connectivity index (χ4v) is 4.16. The molecule has 0 aliphatic heterocycles. The highest BCUT2D eigenvalue weighted by molar-refractivity contribution is 7.89. The van der Waals surface area contributed by atoms with E-state index in [0.29, 0.717) is 29.6 Å². The molecule has 26 heavy (non-hydrogen) atoms. The number of hydrogen-bond donors (Lipinski definition) is 2. The number of halogens is 1. The summed E-state index contributed by atoms with van der Waals surface area (Å²) >= 11 is 5.25. The number of anilines is 2. The Morgan fingerprint density at radius 3 is 2.23 bits per heavy atom. The molecule has 0 heterocycles. The second-order valence-corrected chi connectivity index (χ2v) is 8.00. The maximum Gasteiger partial charge on any atom is 0.243 e. The maximum atomic E-state index is 13.1. The van der Waals surface area contributed by atoms with Gasteiger partial charge in [0.15, 0.2) is 5.11 Å². The van der Waals surface area contributed by atoms with Crippen molar-refractivity contribution in [2.75, 3.05) is 23.7 Å². The molecule has 0 aliphatic carbocycles. The third-order valence-electron chi connectivity index (χ3n) is 3.89. The highest BCUT2D eigenvalue weighted by Gasteiger charge is 2.21. The lowest BCUT2D eigenvalue weighted by atomic mass is 10.2. The van der Waals surface area contributed by atoms with Crippen LogP contribution in [0.1, 0.15) is 19.4 Å². The van der Waals surface area contributed by atoms with E-state index in [0.717, 1.165) is 5.56 Å². The molecule has 140 valence electrons. The molecule has 0 saturated heterocycles. The van der Waals surface area contributed by atoms with Gasteiger partial charge in [-0.2, -0.15) is 4.31 Å². The van der Waals surface area contributed by atoms with E-state index in [4.69, 9.17) is 12.2 Å². The Labute approximate surface area is 159 Å². The lowest BCUT2D eigenvalue weighted by Crippen LogP contribution is -2.30. The van der Waals surface area contributed by atoms with Gasteiger partial charge in [-0.15, -0.1) is 0 Å². The first-order chi connectivity index (χ1) is 12.3. The molecular formula is C18H22FN3O2S2. The van der Waals surface area contributed by atoms with Crippen molar-refractivity contribution in [1.29, 1.82) is 0 Å². The molecule has 2 aromatic carbocycles. The third kappa shape index (κ3) is 4.78. The highest BCUT2D eigenvalue weighted by Crippen LogP contribution is 2.19. The lowest BCUT2D eigenvalue weighted by Gasteiger charge is -2.18. The summed E-state index contributed by atoms with van der Waals surface area (Å²) in [6.45, 7) is 6.23. The summed E-state index contributed by atoms with van der Waals surface area (Å²) in [4.78, 5) is 0.236. The average Bonchev–Trinajstić information content (AvgIpc) is 2.59. The molecule has 0 saturated carbocycles. The number of thiocarbonyl (C=S) groups is 1. The maximum absolute atomic E-state index is 13.1. The molecule has 0 unspecified atom stereocenters. The smallest absolute Gasteiger partial charge is 0.243 e. The van der Waals surface area contributed by atoms with Gasteiger partial charge < -0.3 is 10.6 Å². The van der Waals surface area contributed by atoms with E-state index in [9.17, 15) is 12.8 Å². The number of sulfonamides is 1. The van der Waals surface area contributed by atoms with Crippen molar-refractivity contribution in [1.82, 2.24) is 4.31 Å². The standard InChI is InChI=1S/C18H22FN3O2S2/c1-4-22(5-2)26(23,24)16-9-7-15(8-10-16)20-18(25)21-17-11-6-14(19)12-13(17)3/h6-12H,4-5H2,1-3H3,(H2,20,21,25). The lowest BCUT2D eigenvalue weighted by molar-refractivity contribution is 0.445. The number of nitrogens with zero attached hydrogens (tertiary/aromatic N) is 1. The molecule has 0 aliphatic rings. The van der Waals surface area contributed by atoms with Gasteiger partial charge in [0.1, 0.15) is 5.82 Å². The quantitative estimate of drug-likeness (QED) is 0.725. The SMILES string of the molecule is CCN(CC)S(=O)(=O)c1ccc(NC(=S)Nc2ccc(F)cc2C)cc1. The van der Waals surface area contributed by atoms with Crippen molar-refractivity contribution >= 4 is 38.7 Å². The minimum Gasteiger partial charge on any atom is -0.332 e. The minimum atomic E-state index is -3.48. The summed E-state index contributed by atoms with van der Waals surface area (Å²) in [5, 5.41) is 6.31. The van der Waals surface area contributed by atoms with Crippen molar-refractivity contribution < 1.29 is 12.8 Å². The zero-order valence-corrected chi connectivity index (χ0v) is 16.5. The van der Waals surface area contributed by atoms with E-state index in [2.05, 4.69) is 10.6 Å². The van der Waals surface area contributed by atoms with Crippen LogP contribution in [0.4, 0.5) is 15.8 Å². The largest absolute Gasteiger partial charge is 0.332 e. The topological polar surface area (TPSA) is 61.4 Å². The molecule has 0 fully saturated rings. The van der Waals surface area contributed by atoms with Gasteiger partial charge in [0.2, 0.25) is 10.0 Å². The van der Waals surface area contributed by atoms with Crippen LogP contribution in [-0.2, 0) is 10.0 Å². The summed E-state index contributed by atoms with van der Waals surface area (Å²) in [5.74, 6) is -0.308. The van der Waals surface area contributed by atoms with Gasteiger partial charge in [0, 0.05) is 24.5 Å². The van der Waals surface area contributed by atoms with E-state index >= 15 is 0 Å². The monoisotopic (exact) mass is 395 g/mol. The van der Waals surface area contributed by atoms with E-state index < -0.39 is 10.0 Å². The number of hydrogen-bond acceptors (Lipinski definition) is 3. The Morgan fingerprint density at radius 1 is 1.08 bits per heavy atom. The molecule has 2 N–H and O–H groups in total. The zero-order chi connectivity index (χ0) is 19.3. The Kier molecular flexibility index (Phi) is 6.69. The summed E-state index contributed by atoms with van der Waals surface area (Å²) in [7, 11) is -3.48. The van der Waals surface area contributed by atoms with Gasteiger partial charge in [-0.25, -0.2) is 12.8 Å². The first kappa shape index (κ1) is 20.3. The van der Waals surface area contributed by atoms with Crippen molar-refractivity contribution in [2.45, 2.75) is 25.7 Å². The van der Waals surface area contributed by atoms with Crippen LogP contribution in [0.2, 0.25) is 0 Å². The Hall–Kier alpha value is -2.03. The van der Waals surface area contributed by atoms with Gasteiger partial charge >= 0.3 is 0 Å². The summed E-state index contributed by atoms with van der Waals surface area (Å²) in [5.41, 5.74) is 2.08. The Balaban J connectivity index is 2.08. The summed E-state index contributed by atoms with van der Waals surface area (Å²) in [6, 6.07) is 10.8. The molecule has 0 aromatic heterocycles. The van der Waals surface area contributed by atoms with Gasteiger partial charge in [-0.1, -0.05) is 13.8 Å². The van der Waals surface area contributed by atoms with Crippen molar-refractivity contribution in [2.24, 2.45) is 0 Å². The first-order valence-electron chi connectivity index (χ1n) is 8.22. The Bertz CT molecular complexity index is 880. The van der Waals surface area contributed by atoms with E-state index in [1.54, 1.807) is 51.1 Å². The second-order valence-electron chi connectivity index (χ2n) is 5.65. The molecule has 0 radical (unpaired) electrons. The summed E-state index contributed by atoms with van der Waals surface area (Å²) < 4.78 is 39.5. The predicted octanol–water partition coefficient (Wildman–Crippen LogP) is 3.97. The molecule has 8 heteroatoms. The van der Waals surface area contributed by atoms with Crippen LogP contribution < -0.4 is 10.6 Å². The molecular weight excluding hydrogens is 373 g/mol. The van der Waals surface area contributed by atoms with Gasteiger partial charge in [0.25, 0.3) is 0 Å². The molecule has 0 amide bonds. The molecule has 2 aromatic rings. The number of aryl methyl sites for hydroxylation is 1. The van der Waals surface area contributed by atoms with Crippen LogP contribution in [0.3, 0.4) is 0 Å². The van der Waals surface area contributed by atoms with Crippen LogP contribution in [-0.4, -0.2) is 30.9 Å².